The van der Waals surface area contributed by atoms with Crippen molar-refractivity contribution in [3.8, 4) is 5.75 Å². The van der Waals surface area contributed by atoms with Gasteiger partial charge in [-0.15, -0.1) is 0 Å². The predicted octanol–water partition coefficient (Wildman–Crippen LogP) is 2.53. The van der Waals surface area contributed by atoms with Gasteiger partial charge in [-0.1, -0.05) is 42.5 Å². The highest BCUT2D eigenvalue weighted by atomic mass is 32.2. The summed E-state index contributed by atoms with van der Waals surface area (Å²) in [5.41, 5.74) is 1.41. The number of nitrogens with one attached hydrogen (secondary N) is 2. The number of likely N-dealkylation sites (tertiary alicyclic amines) is 1. The number of amides is 1. The van der Waals surface area contributed by atoms with E-state index in [-0.39, 0.29) is 17.2 Å². The van der Waals surface area contributed by atoms with Crippen LogP contribution in [0.4, 0.5) is 0 Å². The van der Waals surface area contributed by atoms with E-state index < -0.39 is 10.0 Å². The Kier molecular flexibility index (Phi) is 7.53. The second kappa shape index (κ2) is 10.6. The third-order valence-electron chi connectivity index (χ3n) is 6.58. The largest absolute Gasteiger partial charge is 0.496 e. The molecule has 2 aliphatic rings. The summed E-state index contributed by atoms with van der Waals surface area (Å²) in [6, 6.07) is 17.7. The highest BCUT2D eigenvalue weighted by molar-refractivity contribution is 7.90. The lowest BCUT2D eigenvalue weighted by atomic mass is 9.72. The quantitative estimate of drug-likeness (QED) is 0.397. The minimum Gasteiger partial charge on any atom is -0.496 e. The molecular formula is C25H32N4O4S. The van der Waals surface area contributed by atoms with E-state index in [2.05, 4.69) is 27.2 Å². The minimum atomic E-state index is -3.53. The van der Waals surface area contributed by atoms with Gasteiger partial charge in [0.15, 0.2) is 0 Å². The summed E-state index contributed by atoms with van der Waals surface area (Å²) in [4.78, 5) is 14.9. The smallest absolute Gasteiger partial charge is 0.267 e. The normalized spacial score (nSPS) is 18.1. The highest BCUT2D eigenvalue weighted by Gasteiger charge is 2.36. The number of rotatable bonds is 10. The van der Waals surface area contributed by atoms with Crippen LogP contribution in [0.15, 0.2) is 59.0 Å². The van der Waals surface area contributed by atoms with E-state index in [1.165, 1.54) is 6.34 Å². The molecule has 8 nitrogen and oxygen atoms in total. The fourth-order valence-corrected chi connectivity index (χ4v) is 5.09. The summed E-state index contributed by atoms with van der Waals surface area (Å²) in [5.74, 6) is 0.244. The Morgan fingerprint density at radius 3 is 2.47 bits per heavy atom. The molecule has 0 unspecified atom stereocenters. The summed E-state index contributed by atoms with van der Waals surface area (Å²) >= 11 is 0. The standard InChI is InChI=1S/C25H32N4O4S/c1-33-23-10-6-5-9-22(23)24(30)26-17-25(20-7-3-2-4-8-20)13-15-29(16-14-25)18-28-34(31,32)19-27-21-11-12-21/h2-10,18,21,27H,11-17,19H2,1H3,(H,26,30)/b28-18+. The number of hydrogen-bond acceptors (Lipinski definition) is 5. The zero-order valence-corrected chi connectivity index (χ0v) is 20.3. The maximum Gasteiger partial charge on any atom is 0.267 e. The van der Waals surface area contributed by atoms with Crippen LogP contribution in [0.1, 0.15) is 41.6 Å². The number of carbonyl (C=O) groups is 1. The molecule has 0 radical (unpaired) electrons. The number of carbonyl (C=O) groups excluding carboxylic acids is 1. The van der Waals surface area contributed by atoms with Gasteiger partial charge in [0, 0.05) is 31.1 Å². The van der Waals surface area contributed by atoms with Crippen molar-refractivity contribution in [1.29, 1.82) is 0 Å². The van der Waals surface area contributed by atoms with E-state index >= 15 is 0 Å². The van der Waals surface area contributed by atoms with Crippen molar-refractivity contribution in [3.05, 3.63) is 65.7 Å². The average Bonchev–Trinajstić information content (AvgIpc) is 3.71. The van der Waals surface area contributed by atoms with E-state index in [1.807, 2.05) is 35.2 Å². The van der Waals surface area contributed by atoms with E-state index in [4.69, 9.17) is 4.74 Å². The van der Waals surface area contributed by atoms with Gasteiger partial charge < -0.3 is 15.0 Å². The van der Waals surface area contributed by atoms with Gasteiger partial charge in [-0.2, -0.15) is 4.40 Å². The van der Waals surface area contributed by atoms with Gasteiger partial charge in [0.05, 0.1) is 12.7 Å². The molecule has 34 heavy (non-hydrogen) atoms. The molecule has 1 amide bonds. The Morgan fingerprint density at radius 1 is 1.12 bits per heavy atom. The predicted molar refractivity (Wildman–Crippen MR) is 133 cm³/mol. The lowest BCUT2D eigenvalue weighted by Crippen LogP contribution is -2.48. The third kappa shape index (κ3) is 6.15. The van der Waals surface area contributed by atoms with Gasteiger partial charge in [0.1, 0.15) is 18.0 Å². The summed E-state index contributed by atoms with van der Waals surface area (Å²) in [6.07, 6.45) is 5.03. The van der Waals surface area contributed by atoms with Crippen molar-refractivity contribution in [2.45, 2.75) is 37.1 Å². The number of para-hydroxylation sites is 1. The first-order valence-electron chi connectivity index (χ1n) is 11.6. The maximum atomic E-state index is 12.9. The number of methoxy groups -OCH3 is 1. The van der Waals surface area contributed by atoms with Crippen molar-refractivity contribution in [2.24, 2.45) is 4.40 Å². The van der Waals surface area contributed by atoms with Crippen LogP contribution in [0.5, 0.6) is 5.75 Å². The fraction of sp³-hybridized carbons (Fsp3) is 0.440. The second-order valence-electron chi connectivity index (χ2n) is 8.99. The fourth-order valence-electron chi connectivity index (χ4n) is 4.29. The van der Waals surface area contributed by atoms with Crippen molar-refractivity contribution >= 4 is 22.3 Å². The summed E-state index contributed by atoms with van der Waals surface area (Å²) in [7, 11) is -1.98. The molecule has 2 fully saturated rings. The van der Waals surface area contributed by atoms with Gasteiger partial charge in [-0.25, -0.2) is 8.42 Å². The third-order valence-corrected chi connectivity index (χ3v) is 7.53. The second-order valence-corrected chi connectivity index (χ2v) is 10.7. The lowest BCUT2D eigenvalue weighted by Gasteiger charge is -2.42. The van der Waals surface area contributed by atoms with Crippen LogP contribution < -0.4 is 15.4 Å². The Bertz CT molecular complexity index is 1110. The van der Waals surface area contributed by atoms with Crippen molar-refractivity contribution in [1.82, 2.24) is 15.5 Å². The van der Waals surface area contributed by atoms with Crippen LogP contribution in [0.3, 0.4) is 0 Å². The molecule has 9 heteroatoms. The SMILES string of the molecule is COc1ccccc1C(=O)NCC1(c2ccccc2)CCN(/C=N/S(=O)(=O)CNC2CC2)CC1. The van der Waals surface area contributed by atoms with Crippen LogP contribution in [0, 0.1) is 0 Å². The molecule has 1 aliphatic heterocycles. The summed E-state index contributed by atoms with van der Waals surface area (Å²) in [6.45, 7) is 1.77. The number of ether oxygens (including phenoxy) is 1. The zero-order valence-electron chi connectivity index (χ0n) is 19.4. The molecule has 4 rings (SSSR count). The molecule has 182 valence electrons. The molecule has 2 aromatic rings. The van der Waals surface area contributed by atoms with E-state index in [0.29, 0.717) is 37.0 Å². The van der Waals surface area contributed by atoms with Crippen molar-refractivity contribution in [3.63, 3.8) is 0 Å². The van der Waals surface area contributed by atoms with E-state index in [1.54, 1.807) is 19.2 Å². The van der Waals surface area contributed by atoms with Gasteiger partial charge in [-0.05, 0) is 43.4 Å². The topological polar surface area (TPSA) is 100 Å². The molecule has 0 atom stereocenters. The lowest BCUT2D eigenvalue weighted by molar-refractivity contribution is 0.0929. The van der Waals surface area contributed by atoms with Gasteiger partial charge in [0.25, 0.3) is 15.9 Å². The van der Waals surface area contributed by atoms with Crippen LogP contribution in [0.2, 0.25) is 0 Å². The average molecular weight is 485 g/mol. The first-order chi connectivity index (χ1) is 16.4. The minimum absolute atomic E-state index is 0.120. The van der Waals surface area contributed by atoms with Gasteiger partial charge in [0.2, 0.25) is 0 Å². The molecule has 1 saturated heterocycles. The Morgan fingerprint density at radius 2 is 1.79 bits per heavy atom. The monoisotopic (exact) mass is 484 g/mol. The van der Waals surface area contributed by atoms with E-state index in [9.17, 15) is 13.2 Å². The maximum absolute atomic E-state index is 12.9. The summed E-state index contributed by atoms with van der Waals surface area (Å²) in [5, 5.41) is 6.11. The highest BCUT2D eigenvalue weighted by Crippen LogP contribution is 2.35. The number of nitrogens with zero attached hydrogens (tertiary/aromatic N) is 2. The molecule has 1 aliphatic carbocycles. The molecule has 0 spiro atoms. The Hall–Kier alpha value is -2.91. The molecule has 0 aromatic heterocycles. The number of sulfonamides is 1. The van der Waals surface area contributed by atoms with Crippen LogP contribution in [-0.4, -0.2) is 64.2 Å². The van der Waals surface area contributed by atoms with Gasteiger partial charge >= 0.3 is 0 Å². The van der Waals surface area contributed by atoms with Gasteiger partial charge in [-0.3, -0.25) is 10.1 Å². The zero-order chi connectivity index (χ0) is 24.0. The molecule has 2 aromatic carbocycles. The summed E-state index contributed by atoms with van der Waals surface area (Å²) < 4.78 is 33.5. The molecule has 1 saturated carbocycles. The van der Waals surface area contributed by atoms with Crippen LogP contribution in [0.25, 0.3) is 0 Å². The van der Waals surface area contributed by atoms with Crippen molar-refractivity contribution in [2.75, 3.05) is 32.6 Å². The first-order valence-corrected chi connectivity index (χ1v) is 13.2. The Balaban J connectivity index is 1.42. The molecule has 1 heterocycles. The molecule has 0 bridgehead atoms. The molecule has 2 N–H and O–H groups in total. The number of piperidine rings is 1. The first kappa shape index (κ1) is 24.2. The van der Waals surface area contributed by atoms with E-state index in [0.717, 1.165) is 31.2 Å². The molecular weight excluding hydrogens is 452 g/mol. The number of benzene rings is 2. The van der Waals surface area contributed by atoms with Crippen LogP contribution >= 0.6 is 0 Å². The Labute approximate surface area is 201 Å². The number of hydrogen-bond donors (Lipinski definition) is 2. The van der Waals surface area contributed by atoms with Crippen molar-refractivity contribution < 1.29 is 17.9 Å². The van der Waals surface area contributed by atoms with Crippen LogP contribution in [-0.2, 0) is 15.4 Å².